The van der Waals surface area contributed by atoms with E-state index >= 15 is 0 Å². The molecule has 4 rings (SSSR count). The van der Waals surface area contributed by atoms with Crippen molar-refractivity contribution in [1.29, 1.82) is 0 Å². The summed E-state index contributed by atoms with van der Waals surface area (Å²) in [6.45, 7) is 2.60. The van der Waals surface area contributed by atoms with Gasteiger partial charge in [-0.05, 0) is 43.7 Å². The van der Waals surface area contributed by atoms with E-state index in [1.54, 1.807) is 6.20 Å². The highest BCUT2D eigenvalue weighted by Gasteiger charge is 2.45. The summed E-state index contributed by atoms with van der Waals surface area (Å²) in [5.74, 6) is 0.0874. The average molecular weight is 360 g/mol. The molecule has 0 aromatic carbocycles. The molecule has 1 aromatic rings. The molecule has 1 unspecified atom stereocenters. The van der Waals surface area contributed by atoms with E-state index in [4.69, 9.17) is 9.47 Å². The standard InChI is InChI=1S/C20H28N2O4/c23-18(12-19(24)4-2-5-19)22-9-6-20(7-10-22)11-17(15-26-20)25-14-16-3-1-8-21-13-16/h1,3,8,13,17,24H,2,4-7,9-12,14-15H2. The molecule has 3 fully saturated rings. The number of nitrogens with zero attached hydrogens (tertiary/aromatic N) is 2. The number of pyridine rings is 1. The summed E-state index contributed by atoms with van der Waals surface area (Å²) >= 11 is 0. The van der Waals surface area contributed by atoms with Crippen LogP contribution in [0.4, 0.5) is 0 Å². The van der Waals surface area contributed by atoms with Crippen molar-refractivity contribution in [3.8, 4) is 0 Å². The van der Waals surface area contributed by atoms with Crippen molar-refractivity contribution in [3.63, 3.8) is 0 Å². The Kier molecular flexibility index (Phi) is 4.99. The number of hydrogen-bond acceptors (Lipinski definition) is 5. The van der Waals surface area contributed by atoms with E-state index < -0.39 is 5.60 Å². The summed E-state index contributed by atoms with van der Waals surface area (Å²) < 4.78 is 12.1. The minimum atomic E-state index is -0.735. The lowest BCUT2D eigenvalue weighted by Gasteiger charge is -2.41. The van der Waals surface area contributed by atoms with Crippen LogP contribution in [0.15, 0.2) is 24.5 Å². The Balaban J connectivity index is 1.23. The number of amides is 1. The van der Waals surface area contributed by atoms with Gasteiger partial charge in [-0.1, -0.05) is 6.07 Å². The van der Waals surface area contributed by atoms with Crippen molar-refractivity contribution < 1.29 is 19.4 Å². The third kappa shape index (κ3) is 3.92. The second-order valence-corrected chi connectivity index (χ2v) is 8.13. The van der Waals surface area contributed by atoms with Gasteiger partial charge in [0, 0.05) is 31.9 Å². The Labute approximate surface area is 154 Å². The van der Waals surface area contributed by atoms with Gasteiger partial charge < -0.3 is 19.5 Å². The van der Waals surface area contributed by atoms with E-state index in [-0.39, 0.29) is 24.0 Å². The minimum absolute atomic E-state index is 0.0874. The minimum Gasteiger partial charge on any atom is -0.389 e. The maximum atomic E-state index is 12.4. The topological polar surface area (TPSA) is 71.9 Å². The van der Waals surface area contributed by atoms with Crippen molar-refractivity contribution in [2.45, 2.75) is 68.9 Å². The molecule has 1 aromatic heterocycles. The van der Waals surface area contributed by atoms with E-state index in [0.29, 0.717) is 26.3 Å². The first-order valence-corrected chi connectivity index (χ1v) is 9.71. The Morgan fingerprint density at radius 3 is 2.81 bits per heavy atom. The molecule has 26 heavy (non-hydrogen) atoms. The van der Waals surface area contributed by atoms with Gasteiger partial charge in [-0.3, -0.25) is 9.78 Å². The first-order chi connectivity index (χ1) is 12.6. The fourth-order valence-corrected chi connectivity index (χ4v) is 4.27. The van der Waals surface area contributed by atoms with Gasteiger partial charge in [0.15, 0.2) is 0 Å². The highest BCUT2D eigenvalue weighted by Crippen LogP contribution is 2.39. The molecule has 1 amide bonds. The molecule has 1 saturated carbocycles. The molecule has 1 atom stereocenters. The van der Waals surface area contributed by atoms with Gasteiger partial charge in [-0.25, -0.2) is 0 Å². The maximum absolute atomic E-state index is 12.4. The van der Waals surface area contributed by atoms with Gasteiger partial charge in [0.2, 0.25) is 5.91 Å². The highest BCUT2D eigenvalue weighted by molar-refractivity contribution is 5.77. The summed E-state index contributed by atoms with van der Waals surface area (Å²) in [7, 11) is 0. The molecule has 3 heterocycles. The molecular formula is C20H28N2O4. The van der Waals surface area contributed by atoms with Crippen molar-refractivity contribution in [2.75, 3.05) is 19.7 Å². The Bertz CT molecular complexity index is 624. The lowest BCUT2D eigenvalue weighted by atomic mass is 9.77. The van der Waals surface area contributed by atoms with E-state index in [9.17, 15) is 9.90 Å². The molecule has 1 N–H and O–H groups in total. The lowest BCUT2D eigenvalue weighted by molar-refractivity contribution is -0.144. The third-order valence-corrected chi connectivity index (χ3v) is 6.18. The number of piperidine rings is 1. The van der Waals surface area contributed by atoms with Crippen molar-refractivity contribution >= 4 is 5.91 Å². The molecule has 0 bridgehead atoms. The van der Waals surface area contributed by atoms with Gasteiger partial charge in [0.05, 0.1) is 36.9 Å². The van der Waals surface area contributed by atoms with E-state index in [1.807, 2.05) is 23.2 Å². The zero-order valence-corrected chi connectivity index (χ0v) is 15.2. The number of aliphatic hydroxyl groups is 1. The number of rotatable bonds is 5. The molecule has 0 radical (unpaired) electrons. The summed E-state index contributed by atoms with van der Waals surface area (Å²) in [5, 5.41) is 10.2. The molecule has 2 aliphatic heterocycles. The number of carbonyl (C=O) groups is 1. The number of carbonyl (C=O) groups excluding carboxylic acids is 1. The number of aromatic nitrogens is 1. The monoisotopic (exact) mass is 360 g/mol. The molecule has 6 nitrogen and oxygen atoms in total. The quantitative estimate of drug-likeness (QED) is 0.870. The zero-order chi connectivity index (χ0) is 18.0. The Hall–Kier alpha value is -1.50. The number of hydrogen-bond donors (Lipinski definition) is 1. The smallest absolute Gasteiger partial charge is 0.225 e. The predicted octanol–water partition coefficient (Wildman–Crippen LogP) is 2.05. The number of likely N-dealkylation sites (tertiary alicyclic amines) is 1. The van der Waals surface area contributed by atoms with Crippen LogP contribution in [0.3, 0.4) is 0 Å². The van der Waals surface area contributed by atoms with E-state index in [0.717, 1.165) is 44.1 Å². The molecule has 142 valence electrons. The fraction of sp³-hybridized carbons (Fsp3) is 0.700. The third-order valence-electron chi connectivity index (χ3n) is 6.18. The van der Waals surface area contributed by atoms with Crippen LogP contribution in [0.5, 0.6) is 0 Å². The molecule has 6 heteroatoms. The summed E-state index contributed by atoms with van der Waals surface area (Å²) in [6, 6.07) is 3.93. The van der Waals surface area contributed by atoms with E-state index in [2.05, 4.69) is 4.98 Å². The summed E-state index contributed by atoms with van der Waals surface area (Å²) in [6.07, 6.45) is 9.10. The molecule has 3 aliphatic rings. The van der Waals surface area contributed by atoms with Gasteiger partial charge in [0.1, 0.15) is 0 Å². The highest BCUT2D eigenvalue weighted by atomic mass is 16.6. The molecule has 1 spiro atoms. The van der Waals surface area contributed by atoms with Crippen molar-refractivity contribution in [1.82, 2.24) is 9.88 Å². The van der Waals surface area contributed by atoms with Crippen molar-refractivity contribution in [3.05, 3.63) is 30.1 Å². The van der Waals surface area contributed by atoms with E-state index in [1.165, 1.54) is 0 Å². The maximum Gasteiger partial charge on any atom is 0.225 e. The van der Waals surface area contributed by atoms with Crippen LogP contribution < -0.4 is 0 Å². The largest absolute Gasteiger partial charge is 0.389 e. The van der Waals surface area contributed by atoms with Gasteiger partial charge in [-0.15, -0.1) is 0 Å². The second-order valence-electron chi connectivity index (χ2n) is 8.13. The van der Waals surface area contributed by atoms with Crippen molar-refractivity contribution in [2.24, 2.45) is 0 Å². The summed E-state index contributed by atoms with van der Waals surface area (Å²) in [5.41, 5.74) is 0.188. The lowest BCUT2D eigenvalue weighted by Crippen LogP contribution is -2.49. The van der Waals surface area contributed by atoms with Crippen LogP contribution in [-0.4, -0.2) is 57.9 Å². The van der Waals surface area contributed by atoms with Crippen LogP contribution in [0, 0.1) is 0 Å². The average Bonchev–Trinajstić information content (AvgIpc) is 3.03. The molecular weight excluding hydrogens is 332 g/mol. The van der Waals surface area contributed by atoms with Crippen LogP contribution in [0.25, 0.3) is 0 Å². The summed E-state index contributed by atoms with van der Waals surface area (Å²) in [4.78, 5) is 18.4. The molecule has 1 aliphatic carbocycles. The van der Waals surface area contributed by atoms with Gasteiger partial charge >= 0.3 is 0 Å². The Morgan fingerprint density at radius 2 is 2.15 bits per heavy atom. The van der Waals surface area contributed by atoms with Gasteiger partial charge in [0.25, 0.3) is 0 Å². The van der Waals surface area contributed by atoms with Crippen LogP contribution >= 0.6 is 0 Å². The van der Waals surface area contributed by atoms with Crippen LogP contribution in [0.1, 0.15) is 50.5 Å². The zero-order valence-electron chi connectivity index (χ0n) is 15.2. The molecule has 2 saturated heterocycles. The SMILES string of the molecule is O=C(CC1(O)CCC1)N1CCC2(CC1)CC(OCc1cccnc1)CO2. The van der Waals surface area contributed by atoms with Crippen LogP contribution in [-0.2, 0) is 20.9 Å². The second kappa shape index (κ2) is 7.25. The first kappa shape index (κ1) is 17.9. The fourth-order valence-electron chi connectivity index (χ4n) is 4.27. The Morgan fingerprint density at radius 1 is 1.35 bits per heavy atom. The van der Waals surface area contributed by atoms with Gasteiger partial charge in [-0.2, -0.15) is 0 Å². The number of ether oxygens (including phenoxy) is 2. The normalized spacial score (nSPS) is 26.7. The van der Waals surface area contributed by atoms with Crippen LogP contribution in [0.2, 0.25) is 0 Å². The predicted molar refractivity (Wildman–Crippen MR) is 95.3 cm³/mol. The first-order valence-electron chi connectivity index (χ1n) is 9.71.